The van der Waals surface area contributed by atoms with E-state index in [1.54, 1.807) is 36.4 Å². The lowest BCUT2D eigenvalue weighted by atomic mass is 9.88. The van der Waals surface area contributed by atoms with Crippen molar-refractivity contribution in [1.29, 1.82) is 0 Å². The minimum Gasteiger partial charge on any atom is -0.486 e. The van der Waals surface area contributed by atoms with Crippen LogP contribution in [0.5, 0.6) is 11.5 Å². The standard InChI is InChI=1S/C23H24Cl2N2O4/c1-14(23(29)26-18-4-2-3-17(24)21(18)25)27-9-7-15(8-10-27)22(28)16-5-6-19-20(13-16)31-12-11-30-19/h2-6,13-15H,7-12H2,1H3,(H,26,29). The van der Waals surface area contributed by atoms with Crippen LogP contribution in [-0.2, 0) is 4.79 Å². The molecule has 2 aliphatic rings. The summed E-state index contributed by atoms with van der Waals surface area (Å²) in [6.45, 7) is 4.20. The third-order valence-corrected chi connectivity index (χ3v) is 6.68. The number of amides is 1. The van der Waals surface area contributed by atoms with Gasteiger partial charge in [-0.25, -0.2) is 0 Å². The maximum absolute atomic E-state index is 13.0. The molecule has 4 rings (SSSR count). The van der Waals surface area contributed by atoms with Crippen LogP contribution in [0.1, 0.15) is 30.1 Å². The van der Waals surface area contributed by atoms with Crippen LogP contribution in [0.3, 0.4) is 0 Å². The molecule has 0 spiro atoms. The second-order valence-electron chi connectivity index (χ2n) is 7.80. The van der Waals surface area contributed by atoms with Gasteiger partial charge in [0.15, 0.2) is 17.3 Å². The van der Waals surface area contributed by atoms with Crippen LogP contribution in [0, 0.1) is 5.92 Å². The highest BCUT2D eigenvalue weighted by molar-refractivity contribution is 6.44. The quantitative estimate of drug-likeness (QED) is 0.652. The Labute approximate surface area is 191 Å². The average Bonchev–Trinajstić information content (AvgIpc) is 2.80. The van der Waals surface area contributed by atoms with Gasteiger partial charge in [-0.15, -0.1) is 0 Å². The highest BCUT2D eigenvalue weighted by Crippen LogP contribution is 2.33. The van der Waals surface area contributed by atoms with Gasteiger partial charge < -0.3 is 14.8 Å². The van der Waals surface area contributed by atoms with Crippen molar-refractivity contribution >= 4 is 40.6 Å². The highest BCUT2D eigenvalue weighted by atomic mass is 35.5. The number of hydrogen-bond donors (Lipinski definition) is 1. The summed E-state index contributed by atoms with van der Waals surface area (Å²) in [6.07, 6.45) is 1.39. The predicted octanol–water partition coefficient (Wildman–Crippen LogP) is 4.69. The Morgan fingerprint density at radius 2 is 1.77 bits per heavy atom. The Morgan fingerprint density at radius 1 is 1.06 bits per heavy atom. The van der Waals surface area contributed by atoms with Gasteiger partial charge in [-0.1, -0.05) is 29.3 Å². The molecule has 1 atom stereocenters. The number of nitrogens with one attached hydrogen (secondary N) is 1. The van der Waals surface area contributed by atoms with E-state index >= 15 is 0 Å². The second-order valence-corrected chi connectivity index (χ2v) is 8.58. The topological polar surface area (TPSA) is 67.9 Å². The van der Waals surface area contributed by atoms with E-state index in [1.165, 1.54) is 0 Å². The summed E-state index contributed by atoms with van der Waals surface area (Å²) in [4.78, 5) is 27.8. The number of carbonyl (C=O) groups excluding carboxylic acids is 2. The molecule has 1 N–H and O–H groups in total. The first kappa shape index (κ1) is 21.9. The summed E-state index contributed by atoms with van der Waals surface area (Å²) in [6, 6.07) is 10.2. The molecule has 1 fully saturated rings. The van der Waals surface area contributed by atoms with Crippen LogP contribution < -0.4 is 14.8 Å². The Kier molecular flexibility index (Phi) is 6.70. The van der Waals surface area contributed by atoms with E-state index in [-0.39, 0.29) is 23.7 Å². The first-order valence-corrected chi connectivity index (χ1v) is 11.1. The molecule has 1 unspecified atom stereocenters. The lowest BCUT2D eigenvalue weighted by molar-refractivity contribution is -0.121. The number of carbonyl (C=O) groups is 2. The molecule has 1 amide bonds. The monoisotopic (exact) mass is 462 g/mol. The average molecular weight is 463 g/mol. The number of hydrogen-bond acceptors (Lipinski definition) is 5. The second kappa shape index (κ2) is 9.47. The van der Waals surface area contributed by atoms with Crippen molar-refractivity contribution in [3.8, 4) is 11.5 Å². The summed E-state index contributed by atoms with van der Waals surface area (Å²) in [5, 5.41) is 3.57. The fourth-order valence-corrected chi connectivity index (χ4v) is 4.33. The third-order valence-electron chi connectivity index (χ3n) is 5.86. The molecule has 164 valence electrons. The summed E-state index contributed by atoms with van der Waals surface area (Å²) in [5.74, 6) is 1.19. The summed E-state index contributed by atoms with van der Waals surface area (Å²) in [5.41, 5.74) is 1.14. The molecule has 0 aliphatic carbocycles. The van der Waals surface area contributed by atoms with Crippen molar-refractivity contribution in [2.24, 2.45) is 5.92 Å². The first-order valence-electron chi connectivity index (χ1n) is 10.4. The number of ether oxygens (including phenoxy) is 2. The number of fused-ring (bicyclic) bond motifs is 1. The molecule has 1 saturated heterocycles. The fraction of sp³-hybridized carbons (Fsp3) is 0.391. The number of nitrogens with zero attached hydrogens (tertiary/aromatic N) is 1. The zero-order valence-electron chi connectivity index (χ0n) is 17.2. The van der Waals surface area contributed by atoms with E-state index in [4.69, 9.17) is 32.7 Å². The Hall–Kier alpha value is -2.28. The minimum atomic E-state index is -0.347. The number of ketones is 1. The summed E-state index contributed by atoms with van der Waals surface area (Å²) >= 11 is 12.2. The van der Waals surface area contributed by atoms with Crippen molar-refractivity contribution in [2.75, 3.05) is 31.6 Å². The van der Waals surface area contributed by atoms with Gasteiger partial charge in [0.25, 0.3) is 0 Å². The van der Waals surface area contributed by atoms with Gasteiger partial charge in [0.2, 0.25) is 5.91 Å². The van der Waals surface area contributed by atoms with Crippen molar-refractivity contribution in [3.05, 3.63) is 52.0 Å². The molecule has 0 saturated carbocycles. The van der Waals surface area contributed by atoms with Gasteiger partial charge in [0.1, 0.15) is 13.2 Å². The van der Waals surface area contributed by atoms with Crippen LogP contribution in [-0.4, -0.2) is 48.9 Å². The van der Waals surface area contributed by atoms with Crippen LogP contribution in [0.4, 0.5) is 5.69 Å². The lowest BCUT2D eigenvalue weighted by Crippen LogP contribution is -2.47. The SMILES string of the molecule is CC(C(=O)Nc1cccc(Cl)c1Cl)N1CCC(C(=O)c2ccc3c(c2)OCCO3)CC1. The van der Waals surface area contributed by atoms with E-state index in [1.807, 2.05) is 6.92 Å². The van der Waals surface area contributed by atoms with Crippen LogP contribution >= 0.6 is 23.2 Å². The molecule has 2 aromatic carbocycles. The molecule has 0 aromatic heterocycles. The molecule has 2 heterocycles. The molecule has 0 bridgehead atoms. The zero-order valence-corrected chi connectivity index (χ0v) is 18.7. The van der Waals surface area contributed by atoms with Gasteiger partial charge in [-0.3, -0.25) is 14.5 Å². The van der Waals surface area contributed by atoms with Crippen LogP contribution in [0.2, 0.25) is 10.0 Å². The van der Waals surface area contributed by atoms with Crippen LogP contribution in [0.15, 0.2) is 36.4 Å². The number of anilines is 1. The van der Waals surface area contributed by atoms with Gasteiger partial charge in [-0.2, -0.15) is 0 Å². The van der Waals surface area contributed by atoms with Gasteiger partial charge in [0, 0.05) is 11.5 Å². The number of Topliss-reactive ketones (excluding diaryl/α,β-unsaturated/α-hetero) is 1. The van der Waals surface area contributed by atoms with Crippen molar-refractivity contribution < 1.29 is 19.1 Å². The van der Waals surface area contributed by atoms with E-state index in [0.29, 0.717) is 71.9 Å². The highest BCUT2D eigenvalue weighted by Gasteiger charge is 2.31. The maximum Gasteiger partial charge on any atom is 0.241 e. The number of benzene rings is 2. The zero-order chi connectivity index (χ0) is 22.0. The molecular formula is C23H24Cl2N2O4. The van der Waals surface area contributed by atoms with E-state index in [9.17, 15) is 9.59 Å². The number of piperidine rings is 1. The van der Waals surface area contributed by atoms with Gasteiger partial charge in [-0.05, 0) is 63.2 Å². The Morgan fingerprint density at radius 3 is 2.52 bits per heavy atom. The van der Waals surface area contributed by atoms with Crippen molar-refractivity contribution in [2.45, 2.75) is 25.8 Å². The molecular weight excluding hydrogens is 439 g/mol. The Balaban J connectivity index is 1.34. The number of likely N-dealkylation sites (tertiary alicyclic amines) is 1. The largest absolute Gasteiger partial charge is 0.486 e. The molecule has 2 aromatic rings. The summed E-state index contributed by atoms with van der Waals surface area (Å²) < 4.78 is 11.1. The van der Waals surface area contributed by atoms with E-state index in [0.717, 1.165) is 0 Å². The number of halogens is 2. The lowest BCUT2D eigenvalue weighted by Gasteiger charge is -2.35. The van der Waals surface area contributed by atoms with Gasteiger partial charge >= 0.3 is 0 Å². The van der Waals surface area contributed by atoms with Crippen molar-refractivity contribution in [1.82, 2.24) is 4.90 Å². The van der Waals surface area contributed by atoms with Crippen LogP contribution in [0.25, 0.3) is 0 Å². The third kappa shape index (κ3) is 4.81. The van der Waals surface area contributed by atoms with E-state index < -0.39 is 0 Å². The minimum absolute atomic E-state index is 0.0727. The summed E-state index contributed by atoms with van der Waals surface area (Å²) in [7, 11) is 0. The maximum atomic E-state index is 13.0. The fourth-order valence-electron chi connectivity index (χ4n) is 3.98. The molecule has 0 radical (unpaired) electrons. The normalized spacial score (nSPS) is 17.8. The molecule has 6 nitrogen and oxygen atoms in total. The first-order chi connectivity index (χ1) is 14.9. The molecule has 31 heavy (non-hydrogen) atoms. The molecule has 2 aliphatic heterocycles. The Bertz CT molecular complexity index is 990. The van der Waals surface area contributed by atoms with E-state index in [2.05, 4.69) is 10.2 Å². The smallest absolute Gasteiger partial charge is 0.241 e. The number of rotatable bonds is 5. The van der Waals surface area contributed by atoms with Crippen molar-refractivity contribution in [3.63, 3.8) is 0 Å². The predicted molar refractivity (Wildman–Crippen MR) is 121 cm³/mol. The van der Waals surface area contributed by atoms with Gasteiger partial charge in [0.05, 0.1) is 21.8 Å². The molecule has 8 heteroatoms.